The summed E-state index contributed by atoms with van der Waals surface area (Å²) in [5, 5.41) is 0.754. The van der Waals surface area contributed by atoms with Crippen molar-refractivity contribution in [2.45, 2.75) is 13.1 Å². The van der Waals surface area contributed by atoms with Crippen molar-refractivity contribution < 1.29 is 18.7 Å². The van der Waals surface area contributed by atoms with Gasteiger partial charge in [0.15, 0.2) is 5.75 Å². The number of rotatable bonds is 4. The number of benzene rings is 2. The van der Waals surface area contributed by atoms with Gasteiger partial charge in [0, 0.05) is 63.5 Å². The average molecular weight is 478 g/mol. The second-order valence-corrected chi connectivity index (χ2v) is 9.05. The fraction of sp³-hybridized carbons (Fsp3) is 0.346. The maximum atomic E-state index is 13.6. The van der Waals surface area contributed by atoms with E-state index >= 15 is 0 Å². The Morgan fingerprint density at radius 3 is 2.54 bits per heavy atom. The van der Waals surface area contributed by atoms with E-state index in [1.54, 1.807) is 35.2 Å². The highest BCUT2D eigenvalue weighted by Crippen LogP contribution is 2.44. The van der Waals surface area contributed by atoms with Gasteiger partial charge >= 0.3 is 6.03 Å². The SMILES string of the molecule is COc1c2c(c(N(C)C(=O)N3CCN(C)CC3)c3cccnc13)CN(Cc1ccc(F)cc1)C2=O. The van der Waals surface area contributed by atoms with Gasteiger partial charge in [0.25, 0.3) is 5.91 Å². The van der Waals surface area contributed by atoms with Gasteiger partial charge in [-0.05, 0) is 36.9 Å². The Balaban J connectivity index is 1.58. The molecule has 5 rings (SSSR count). The van der Waals surface area contributed by atoms with Crippen LogP contribution in [0.25, 0.3) is 10.9 Å². The minimum Gasteiger partial charge on any atom is -0.494 e. The van der Waals surface area contributed by atoms with E-state index in [9.17, 15) is 14.0 Å². The highest BCUT2D eigenvalue weighted by Gasteiger charge is 2.38. The number of ether oxygens (including phenoxy) is 1. The van der Waals surface area contributed by atoms with Gasteiger partial charge in [-0.3, -0.25) is 14.7 Å². The van der Waals surface area contributed by atoms with Gasteiger partial charge in [-0.1, -0.05) is 12.1 Å². The maximum absolute atomic E-state index is 13.6. The maximum Gasteiger partial charge on any atom is 0.324 e. The number of hydrogen-bond acceptors (Lipinski definition) is 5. The number of carbonyl (C=O) groups is 2. The smallest absolute Gasteiger partial charge is 0.324 e. The molecule has 0 saturated carbocycles. The van der Waals surface area contributed by atoms with Crippen LogP contribution in [0.2, 0.25) is 0 Å². The number of fused-ring (bicyclic) bond motifs is 2. The van der Waals surface area contributed by atoms with Gasteiger partial charge in [-0.25, -0.2) is 9.18 Å². The molecule has 8 nitrogen and oxygen atoms in total. The van der Waals surface area contributed by atoms with E-state index in [1.165, 1.54) is 19.2 Å². The number of aromatic nitrogens is 1. The van der Waals surface area contributed by atoms with Crippen LogP contribution in [0.15, 0.2) is 42.6 Å². The Morgan fingerprint density at radius 1 is 1.14 bits per heavy atom. The molecule has 3 aromatic rings. The molecule has 9 heteroatoms. The lowest BCUT2D eigenvalue weighted by Crippen LogP contribution is -2.51. The van der Waals surface area contributed by atoms with Crippen LogP contribution in [0, 0.1) is 5.82 Å². The minimum atomic E-state index is -0.324. The molecule has 1 saturated heterocycles. The number of nitrogens with zero attached hydrogens (tertiary/aromatic N) is 5. The summed E-state index contributed by atoms with van der Waals surface area (Å²) in [5.41, 5.74) is 3.19. The number of carbonyl (C=O) groups excluding carboxylic acids is 2. The number of halogens is 1. The minimum absolute atomic E-state index is 0.111. The fourth-order valence-electron chi connectivity index (χ4n) is 4.94. The van der Waals surface area contributed by atoms with Crippen molar-refractivity contribution in [1.82, 2.24) is 19.7 Å². The predicted molar refractivity (Wildman–Crippen MR) is 131 cm³/mol. The van der Waals surface area contributed by atoms with E-state index < -0.39 is 0 Å². The summed E-state index contributed by atoms with van der Waals surface area (Å²) in [6, 6.07) is 9.72. The number of likely N-dealkylation sites (N-methyl/N-ethyl adjacent to an activating group) is 1. The van der Waals surface area contributed by atoms with E-state index in [1.807, 2.05) is 24.1 Å². The molecule has 2 aliphatic heterocycles. The number of hydrogen-bond donors (Lipinski definition) is 0. The van der Waals surface area contributed by atoms with Gasteiger partial charge < -0.3 is 19.4 Å². The Labute approximate surface area is 203 Å². The molecule has 0 unspecified atom stereocenters. The second-order valence-electron chi connectivity index (χ2n) is 9.05. The zero-order valence-corrected chi connectivity index (χ0v) is 20.1. The first kappa shape index (κ1) is 23.0. The summed E-state index contributed by atoms with van der Waals surface area (Å²) in [5.74, 6) is -0.114. The quantitative estimate of drug-likeness (QED) is 0.577. The van der Waals surface area contributed by atoms with Crippen molar-refractivity contribution in [2.24, 2.45) is 0 Å². The number of piperazine rings is 1. The molecule has 3 heterocycles. The van der Waals surface area contributed by atoms with Crippen LogP contribution in [0.5, 0.6) is 5.75 Å². The van der Waals surface area contributed by atoms with Crippen LogP contribution in [0.3, 0.4) is 0 Å². The van der Waals surface area contributed by atoms with Crippen molar-refractivity contribution in [3.8, 4) is 5.75 Å². The normalized spacial score (nSPS) is 16.1. The molecular formula is C26H28FN5O3. The van der Waals surface area contributed by atoms with Crippen molar-refractivity contribution in [2.75, 3.05) is 52.3 Å². The Hall–Kier alpha value is -3.72. The summed E-state index contributed by atoms with van der Waals surface area (Å²) in [4.78, 5) is 39.0. The number of amides is 3. The van der Waals surface area contributed by atoms with Gasteiger partial charge in [0.05, 0.1) is 18.4 Å². The van der Waals surface area contributed by atoms with Gasteiger partial charge in [0.1, 0.15) is 11.3 Å². The molecule has 0 radical (unpaired) electrons. The lowest BCUT2D eigenvalue weighted by atomic mass is 10.0. The molecule has 2 aromatic carbocycles. The Morgan fingerprint density at radius 2 is 1.86 bits per heavy atom. The lowest BCUT2D eigenvalue weighted by Gasteiger charge is -2.35. The number of urea groups is 1. The summed E-state index contributed by atoms with van der Waals surface area (Å²) in [6.07, 6.45) is 1.65. The predicted octanol–water partition coefficient (Wildman–Crippen LogP) is 3.34. The third-order valence-electron chi connectivity index (χ3n) is 6.83. The molecule has 0 N–H and O–H groups in total. The highest BCUT2D eigenvalue weighted by molar-refractivity contribution is 6.14. The molecule has 1 fully saturated rings. The zero-order chi connectivity index (χ0) is 24.7. The number of methoxy groups -OCH3 is 1. The molecule has 0 aliphatic carbocycles. The highest BCUT2D eigenvalue weighted by atomic mass is 19.1. The number of anilines is 1. The first-order chi connectivity index (χ1) is 16.9. The fourth-order valence-corrected chi connectivity index (χ4v) is 4.94. The van der Waals surface area contributed by atoms with E-state index in [0.29, 0.717) is 48.7 Å². The lowest BCUT2D eigenvalue weighted by molar-refractivity contribution is 0.0764. The van der Waals surface area contributed by atoms with Crippen LogP contribution in [-0.2, 0) is 13.1 Å². The molecule has 35 heavy (non-hydrogen) atoms. The third kappa shape index (κ3) is 4.05. The first-order valence-electron chi connectivity index (χ1n) is 11.6. The molecule has 3 amide bonds. The molecule has 0 bridgehead atoms. The van der Waals surface area contributed by atoms with E-state index in [4.69, 9.17) is 4.74 Å². The molecule has 182 valence electrons. The molecule has 0 spiro atoms. The van der Waals surface area contributed by atoms with Crippen molar-refractivity contribution in [3.63, 3.8) is 0 Å². The van der Waals surface area contributed by atoms with Crippen LogP contribution < -0.4 is 9.64 Å². The van der Waals surface area contributed by atoms with Crippen LogP contribution in [0.1, 0.15) is 21.5 Å². The Bertz CT molecular complexity index is 1290. The average Bonchev–Trinajstić information content (AvgIpc) is 3.18. The van der Waals surface area contributed by atoms with Crippen LogP contribution >= 0.6 is 0 Å². The first-order valence-corrected chi connectivity index (χ1v) is 11.6. The zero-order valence-electron chi connectivity index (χ0n) is 20.1. The van der Waals surface area contributed by atoms with Crippen LogP contribution in [-0.4, -0.2) is 79.0 Å². The van der Waals surface area contributed by atoms with Crippen molar-refractivity contribution in [3.05, 3.63) is 65.1 Å². The van der Waals surface area contributed by atoms with Crippen molar-refractivity contribution >= 4 is 28.5 Å². The molecular weight excluding hydrogens is 449 g/mol. The summed E-state index contributed by atoms with van der Waals surface area (Å²) < 4.78 is 19.1. The van der Waals surface area contributed by atoms with Gasteiger partial charge in [0.2, 0.25) is 0 Å². The Kier molecular flexibility index (Phi) is 6.02. The van der Waals surface area contributed by atoms with E-state index in [2.05, 4.69) is 9.88 Å². The second kappa shape index (κ2) is 9.14. The van der Waals surface area contributed by atoms with Crippen LogP contribution in [0.4, 0.5) is 14.9 Å². The molecule has 0 atom stereocenters. The summed E-state index contributed by atoms with van der Waals surface area (Å²) >= 11 is 0. The monoisotopic (exact) mass is 477 g/mol. The summed E-state index contributed by atoms with van der Waals surface area (Å²) in [6.45, 7) is 3.53. The van der Waals surface area contributed by atoms with Crippen molar-refractivity contribution in [1.29, 1.82) is 0 Å². The largest absolute Gasteiger partial charge is 0.494 e. The van der Waals surface area contributed by atoms with Gasteiger partial charge in [-0.15, -0.1) is 0 Å². The standard InChI is InChI=1S/C26H28FN5O3/c1-29-11-13-31(14-12-29)26(34)30(2)23-19-5-4-10-28-22(19)24(35-3)21-20(23)16-32(25(21)33)15-17-6-8-18(27)9-7-17/h4-10H,11-16H2,1-3H3. The third-order valence-corrected chi connectivity index (χ3v) is 6.83. The molecule has 1 aromatic heterocycles. The topological polar surface area (TPSA) is 69.2 Å². The number of pyridine rings is 1. The van der Waals surface area contributed by atoms with E-state index in [-0.39, 0.29) is 17.8 Å². The molecule has 2 aliphatic rings. The van der Waals surface area contributed by atoms with Gasteiger partial charge in [-0.2, -0.15) is 0 Å². The summed E-state index contributed by atoms with van der Waals surface area (Å²) in [7, 11) is 5.32. The van der Waals surface area contributed by atoms with E-state index in [0.717, 1.165) is 29.6 Å².